The van der Waals surface area contributed by atoms with E-state index in [0.29, 0.717) is 23.0 Å². The Hall–Kier alpha value is -3.39. The number of benzene rings is 1. The molecule has 4 rings (SSSR count). The number of carbonyl (C=O) groups excluding carboxylic acids is 1. The summed E-state index contributed by atoms with van der Waals surface area (Å²) < 4.78 is 9.14. The molecule has 1 aromatic carbocycles. The molecule has 0 aliphatic carbocycles. The Bertz CT molecular complexity index is 1200. The molecule has 1 amide bonds. The number of rotatable bonds is 6. The summed E-state index contributed by atoms with van der Waals surface area (Å²) in [6, 6.07) is 10.4. The standard InChI is InChI=1S/C21H21ClN6O2/c1-13(12-30-16-6-4-15(22)5-7-16)25-21(29)18-10-20-23-9-8-19(28(20)26-18)17-11-24-27(3)14(17)2/h4-11,13H,12H2,1-3H3,(H,25,29)/t13-/m1/s1. The van der Waals surface area contributed by atoms with Crippen LogP contribution in [0.4, 0.5) is 0 Å². The van der Waals surface area contributed by atoms with Gasteiger partial charge in [-0.15, -0.1) is 0 Å². The summed E-state index contributed by atoms with van der Waals surface area (Å²) in [5, 5.41) is 12.3. The number of aryl methyl sites for hydroxylation is 1. The van der Waals surface area contributed by atoms with Crippen molar-refractivity contribution < 1.29 is 9.53 Å². The second kappa shape index (κ2) is 8.16. The second-order valence-corrected chi connectivity index (χ2v) is 7.47. The summed E-state index contributed by atoms with van der Waals surface area (Å²) in [4.78, 5) is 17.0. The average molecular weight is 425 g/mol. The molecule has 9 heteroatoms. The fraction of sp³-hybridized carbons (Fsp3) is 0.238. The lowest BCUT2D eigenvalue weighted by atomic mass is 10.2. The van der Waals surface area contributed by atoms with E-state index >= 15 is 0 Å². The Kier molecular flexibility index (Phi) is 5.41. The minimum atomic E-state index is -0.290. The van der Waals surface area contributed by atoms with E-state index in [1.54, 1.807) is 51.9 Å². The SMILES string of the molecule is Cc1c(-c2ccnc3cc(C(=O)N[C@H](C)COc4ccc(Cl)cc4)nn23)cnn1C. The van der Waals surface area contributed by atoms with Gasteiger partial charge in [0.05, 0.1) is 17.9 Å². The van der Waals surface area contributed by atoms with Crippen LogP contribution in [0.1, 0.15) is 23.1 Å². The Morgan fingerprint density at radius 1 is 1.27 bits per heavy atom. The lowest BCUT2D eigenvalue weighted by molar-refractivity contribution is 0.0921. The summed E-state index contributed by atoms with van der Waals surface area (Å²) in [7, 11) is 1.88. The van der Waals surface area contributed by atoms with Gasteiger partial charge < -0.3 is 10.1 Å². The molecule has 1 atom stereocenters. The van der Waals surface area contributed by atoms with E-state index in [1.807, 2.05) is 27.0 Å². The van der Waals surface area contributed by atoms with Crippen molar-refractivity contribution in [2.24, 2.45) is 7.05 Å². The Labute approximate surface area is 178 Å². The first-order valence-electron chi connectivity index (χ1n) is 9.45. The highest BCUT2D eigenvalue weighted by Crippen LogP contribution is 2.23. The maximum Gasteiger partial charge on any atom is 0.272 e. The van der Waals surface area contributed by atoms with Crippen molar-refractivity contribution in [3.8, 4) is 17.0 Å². The fourth-order valence-corrected chi connectivity index (χ4v) is 3.18. The molecule has 4 aromatic rings. The summed E-state index contributed by atoms with van der Waals surface area (Å²) in [5.74, 6) is 0.399. The van der Waals surface area contributed by atoms with Crippen LogP contribution in [0.25, 0.3) is 16.9 Å². The van der Waals surface area contributed by atoms with E-state index in [-0.39, 0.29) is 17.6 Å². The first kappa shape index (κ1) is 19.9. The molecule has 1 N–H and O–H groups in total. The van der Waals surface area contributed by atoms with Crippen LogP contribution in [0.2, 0.25) is 5.02 Å². The highest BCUT2D eigenvalue weighted by Gasteiger charge is 2.17. The van der Waals surface area contributed by atoms with Gasteiger partial charge in [-0.05, 0) is 44.2 Å². The predicted molar refractivity (Wildman–Crippen MR) is 114 cm³/mol. The Morgan fingerprint density at radius 2 is 2.03 bits per heavy atom. The van der Waals surface area contributed by atoms with E-state index in [0.717, 1.165) is 17.0 Å². The van der Waals surface area contributed by atoms with Crippen molar-refractivity contribution in [2.45, 2.75) is 19.9 Å². The van der Waals surface area contributed by atoms with Gasteiger partial charge in [0.25, 0.3) is 5.91 Å². The number of fused-ring (bicyclic) bond motifs is 1. The molecule has 8 nitrogen and oxygen atoms in total. The van der Waals surface area contributed by atoms with Gasteiger partial charge in [-0.25, -0.2) is 9.50 Å². The van der Waals surface area contributed by atoms with Crippen molar-refractivity contribution in [1.29, 1.82) is 0 Å². The maximum atomic E-state index is 12.7. The van der Waals surface area contributed by atoms with E-state index in [1.165, 1.54) is 0 Å². The molecular weight excluding hydrogens is 404 g/mol. The van der Waals surface area contributed by atoms with E-state index in [9.17, 15) is 4.79 Å². The molecule has 3 heterocycles. The number of aromatic nitrogens is 5. The lowest BCUT2D eigenvalue weighted by Crippen LogP contribution is -2.37. The zero-order valence-electron chi connectivity index (χ0n) is 16.8. The first-order valence-corrected chi connectivity index (χ1v) is 9.83. The number of ether oxygens (including phenoxy) is 1. The summed E-state index contributed by atoms with van der Waals surface area (Å²) >= 11 is 5.87. The van der Waals surface area contributed by atoms with Gasteiger partial charge in [0.2, 0.25) is 0 Å². The molecule has 0 fully saturated rings. The molecule has 30 heavy (non-hydrogen) atoms. The van der Waals surface area contributed by atoms with Gasteiger partial charge in [0, 0.05) is 35.6 Å². The van der Waals surface area contributed by atoms with Crippen molar-refractivity contribution in [3.63, 3.8) is 0 Å². The minimum Gasteiger partial charge on any atom is -0.491 e. The molecule has 3 aromatic heterocycles. The summed E-state index contributed by atoms with van der Waals surface area (Å²) in [6.07, 6.45) is 3.48. The van der Waals surface area contributed by atoms with Crippen LogP contribution in [0.15, 0.2) is 48.8 Å². The number of hydrogen-bond acceptors (Lipinski definition) is 5. The van der Waals surface area contributed by atoms with Crippen LogP contribution >= 0.6 is 11.6 Å². The quantitative estimate of drug-likeness (QED) is 0.513. The van der Waals surface area contributed by atoms with Crippen molar-refractivity contribution in [3.05, 3.63) is 65.2 Å². The molecule has 0 aliphatic heterocycles. The van der Waals surface area contributed by atoms with Gasteiger partial charge in [0.15, 0.2) is 11.3 Å². The van der Waals surface area contributed by atoms with Gasteiger partial charge >= 0.3 is 0 Å². The van der Waals surface area contributed by atoms with Gasteiger partial charge in [-0.2, -0.15) is 10.2 Å². The highest BCUT2D eigenvalue weighted by molar-refractivity contribution is 6.30. The number of halogens is 1. The Balaban J connectivity index is 1.49. The van der Waals surface area contributed by atoms with Crippen molar-refractivity contribution in [1.82, 2.24) is 29.7 Å². The van der Waals surface area contributed by atoms with Crippen molar-refractivity contribution in [2.75, 3.05) is 6.61 Å². The third-order valence-corrected chi connectivity index (χ3v) is 5.04. The molecule has 0 unspecified atom stereocenters. The lowest BCUT2D eigenvalue weighted by Gasteiger charge is -2.14. The monoisotopic (exact) mass is 424 g/mol. The first-order chi connectivity index (χ1) is 14.4. The largest absolute Gasteiger partial charge is 0.491 e. The van der Waals surface area contributed by atoms with Crippen LogP contribution in [0, 0.1) is 6.92 Å². The third-order valence-electron chi connectivity index (χ3n) is 4.79. The smallest absolute Gasteiger partial charge is 0.272 e. The van der Waals surface area contributed by atoms with E-state index < -0.39 is 0 Å². The number of nitrogens with zero attached hydrogens (tertiary/aromatic N) is 5. The van der Waals surface area contributed by atoms with Gasteiger partial charge in [-0.1, -0.05) is 11.6 Å². The normalized spacial score (nSPS) is 12.1. The average Bonchev–Trinajstić information content (AvgIpc) is 3.31. The van der Waals surface area contributed by atoms with Gasteiger partial charge in [0.1, 0.15) is 12.4 Å². The summed E-state index contributed by atoms with van der Waals surface area (Å²) in [6.45, 7) is 4.17. The summed E-state index contributed by atoms with van der Waals surface area (Å²) in [5.41, 5.74) is 3.63. The second-order valence-electron chi connectivity index (χ2n) is 7.04. The molecule has 0 spiro atoms. The number of hydrogen-bond donors (Lipinski definition) is 1. The van der Waals surface area contributed by atoms with Gasteiger partial charge in [-0.3, -0.25) is 9.48 Å². The van der Waals surface area contributed by atoms with Crippen molar-refractivity contribution >= 4 is 23.2 Å². The molecule has 0 bridgehead atoms. The molecule has 0 saturated heterocycles. The fourth-order valence-electron chi connectivity index (χ4n) is 3.05. The molecule has 0 aliphatic rings. The third kappa shape index (κ3) is 3.99. The minimum absolute atomic E-state index is 0.217. The highest BCUT2D eigenvalue weighted by atomic mass is 35.5. The predicted octanol–water partition coefficient (Wildman–Crippen LogP) is 3.29. The molecular formula is C21H21ClN6O2. The van der Waals surface area contributed by atoms with Crippen LogP contribution in [0.3, 0.4) is 0 Å². The topological polar surface area (TPSA) is 86.3 Å². The van der Waals surface area contributed by atoms with E-state index in [2.05, 4.69) is 20.5 Å². The van der Waals surface area contributed by atoms with Crippen LogP contribution in [-0.2, 0) is 7.05 Å². The molecule has 0 saturated carbocycles. The van der Waals surface area contributed by atoms with Crippen LogP contribution in [-0.4, -0.2) is 42.9 Å². The number of carbonyl (C=O) groups is 1. The zero-order valence-corrected chi connectivity index (χ0v) is 17.6. The number of amides is 1. The van der Waals surface area contributed by atoms with Crippen LogP contribution in [0.5, 0.6) is 5.75 Å². The van der Waals surface area contributed by atoms with Crippen LogP contribution < -0.4 is 10.1 Å². The molecule has 154 valence electrons. The molecule has 0 radical (unpaired) electrons. The zero-order chi connectivity index (χ0) is 21.3. The Morgan fingerprint density at radius 3 is 2.73 bits per heavy atom. The maximum absolute atomic E-state index is 12.7. The number of nitrogens with one attached hydrogen (secondary N) is 1. The van der Waals surface area contributed by atoms with E-state index in [4.69, 9.17) is 16.3 Å².